The number of likely N-dealkylation sites (tertiary alicyclic amines) is 1. The van der Waals surface area contributed by atoms with Crippen molar-refractivity contribution in [1.29, 1.82) is 0 Å². The summed E-state index contributed by atoms with van der Waals surface area (Å²) in [6.07, 6.45) is 8.05. The molecule has 1 aromatic carbocycles. The predicted molar refractivity (Wildman–Crippen MR) is 182 cm³/mol. The number of carbonyl (C=O) groups is 2. The number of anilines is 1. The zero-order chi connectivity index (χ0) is 32.6. The van der Waals surface area contributed by atoms with Crippen molar-refractivity contribution in [3.8, 4) is 11.1 Å². The fourth-order valence-corrected chi connectivity index (χ4v) is 9.45. The number of esters is 1. The van der Waals surface area contributed by atoms with Crippen molar-refractivity contribution in [1.82, 2.24) is 9.88 Å². The Balaban J connectivity index is 1.24. The number of amides is 1. The van der Waals surface area contributed by atoms with Crippen LogP contribution >= 0.6 is 22.9 Å². The van der Waals surface area contributed by atoms with Crippen LogP contribution in [0.5, 0.6) is 0 Å². The van der Waals surface area contributed by atoms with Gasteiger partial charge in [0.25, 0.3) is 0 Å². The first-order chi connectivity index (χ1) is 21.7. The Morgan fingerprint density at radius 2 is 1.96 bits per heavy atom. The van der Waals surface area contributed by atoms with E-state index in [0.29, 0.717) is 18.0 Å². The second kappa shape index (κ2) is 11.4. The van der Waals surface area contributed by atoms with E-state index in [1.807, 2.05) is 38.8 Å². The number of hydrogen-bond acceptors (Lipinski definition) is 8. The van der Waals surface area contributed by atoms with Crippen LogP contribution in [0, 0.1) is 5.92 Å². The maximum Gasteiger partial charge on any atom is 0.410 e. The van der Waals surface area contributed by atoms with E-state index < -0.39 is 11.4 Å². The SMILES string of the molecule is CC1OC(C)(C)OC(=O)C1Cc1cc2nccc(-c3cc(Cl)cc4c3N([C@@H]3CN(C(=O)OC(C)(C)C)C5(CCC5)C3)CCC4)c2s1. The number of nitrogens with zero attached hydrogens (tertiary/aromatic N) is 3. The van der Waals surface area contributed by atoms with Crippen LogP contribution in [0.25, 0.3) is 21.3 Å². The third kappa shape index (κ3) is 5.77. The Hall–Kier alpha value is -2.88. The van der Waals surface area contributed by atoms with Gasteiger partial charge < -0.3 is 24.0 Å². The van der Waals surface area contributed by atoms with E-state index in [9.17, 15) is 9.59 Å². The van der Waals surface area contributed by atoms with Crippen molar-refractivity contribution >= 4 is 50.9 Å². The number of thiophene rings is 1. The number of rotatable bonds is 4. The minimum Gasteiger partial charge on any atom is -0.444 e. The molecule has 2 aromatic heterocycles. The average molecular weight is 666 g/mol. The number of cyclic esters (lactones) is 1. The van der Waals surface area contributed by atoms with E-state index >= 15 is 0 Å². The molecule has 1 aliphatic carbocycles. The quantitative estimate of drug-likeness (QED) is 0.260. The number of aromatic nitrogens is 1. The lowest BCUT2D eigenvalue weighted by Crippen LogP contribution is -2.53. The molecule has 10 heteroatoms. The van der Waals surface area contributed by atoms with E-state index in [4.69, 9.17) is 30.8 Å². The Kier molecular flexibility index (Phi) is 7.84. The van der Waals surface area contributed by atoms with Gasteiger partial charge in [0.2, 0.25) is 5.79 Å². The van der Waals surface area contributed by atoms with Crippen LogP contribution in [0.15, 0.2) is 30.5 Å². The first kappa shape index (κ1) is 31.7. The van der Waals surface area contributed by atoms with Gasteiger partial charge in [-0.2, -0.15) is 0 Å². The summed E-state index contributed by atoms with van der Waals surface area (Å²) in [5.74, 6) is -1.52. The van der Waals surface area contributed by atoms with Gasteiger partial charge in [0.15, 0.2) is 0 Å². The molecule has 8 nitrogen and oxygen atoms in total. The molecule has 3 aliphatic heterocycles. The van der Waals surface area contributed by atoms with E-state index in [0.717, 1.165) is 71.3 Å². The average Bonchev–Trinajstić information content (AvgIpc) is 3.55. The number of halogens is 1. The van der Waals surface area contributed by atoms with Crippen LogP contribution in [-0.2, 0) is 31.8 Å². The molecule has 5 heterocycles. The fourth-order valence-electron chi connectivity index (χ4n) is 8.01. The Morgan fingerprint density at radius 1 is 1.17 bits per heavy atom. The molecular formula is C36H44ClN3O5S. The third-order valence-corrected chi connectivity index (χ3v) is 11.5. The summed E-state index contributed by atoms with van der Waals surface area (Å²) in [5.41, 5.74) is 4.88. The Morgan fingerprint density at radius 3 is 2.65 bits per heavy atom. The van der Waals surface area contributed by atoms with Gasteiger partial charge in [0, 0.05) is 71.4 Å². The smallest absolute Gasteiger partial charge is 0.410 e. The lowest BCUT2D eigenvalue weighted by Gasteiger charge is -2.45. The highest BCUT2D eigenvalue weighted by Crippen LogP contribution is 2.51. The van der Waals surface area contributed by atoms with Crippen molar-refractivity contribution in [2.45, 2.75) is 116 Å². The maximum atomic E-state index is 13.5. The normalized spacial score (nSPS) is 25.4. The first-order valence-corrected chi connectivity index (χ1v) is 17.8. The summed E-state index contributed by atoms with van der Waals surface area (Å²) >= 11 is 8.49. The number of aryl methyl sites for hydroxylation is 1. The first-order valence-electron chi connectivity index (χ1n) is 16.6. The molecule has 246 valence electrons. The van der Waals surface area contributed by atoms with Gasteiger partial charge in [-0.15, -0.1) is 11.3 Å². The molecule has 0 N–H and O–H groups in total. The van der Waals surface area contributed by atoms with Crippen LogP contribution in [0.3, 0.4) is 0 Å². The van der Waals surface area contributed by atoms with Crippen LogP contribution in [0.1, 0.15) is 84.1 Å². The molecule has 3 fully saturated rings. The van der Waals surface area contributed by atoms with Gasteiger partial charge in [-0.25, -0.2) is 4.79 Å². The van der Waals surface area contributed by atoms with Crippen molar-refractivity contribution < 1.29 is 23.8 Å². The molecule has 3 aromatic rings. The lowest BCUT2D eigenvalue weighted by atomic mass is 9.74. The van der Waals surface area contributed by atoms with Crippen molar-refractivity contribution in [2.24, 2.45) is 5.92 Å². The number of fused-ring (bicyclic) bond motifs is 2. The van der Waals surface area contributed by atoms with Gasteiger partial charge in [-0.3, -0.25) is 9.78 Å². The van der Waals surface area contributed by atoms with Gasteiger partial charge in [-0.1, -0.05) is 11.6 Å². The van der Waals surface area contributed by atoms with Gasteiger partial charge in [0.1, 0.15) is 5.60 Å². The standard InChI is InChI=1S/C36H44ClN3O5S/c1-21-27(32(41)44-35(5,6)43-21)17-25-18-29-31(46-25)26(10-13-38-29)28-16-23(37)15-22-9-7-14-39(30(22)28)24-19-36(11-8-12-36)40(20-24)33(42)45-34(2,3)4/h10,13,15-16,18,21,24,27H,7-9,11-12,14,17,19-20H2,1-6H3/t21?,24-,27?/m0/s1. The monoisotopic (exact) mass is 665 g/mol. The second-order valence-electron chi connectivity index (χ2n) is 15.0. The van der Waals surface area contributed by atoms with E-state index in [1.165, 1.54) is 11.3 Å². The zero-order valence-electron chi connectivity index (χ0n) is 27.7. The molecule has 1 saturated carbocycles. The predicted octanol–water partition coefficient (Wildman–Crippen LogP) is 8.16. The fraction of sp³-hybridized carbons (Fsp3) is 0.583. The molecule has 2 saturated heterocycles. The Bertz CT molecular complexity index is 1690. The number of benzene rings is 1. The molecule has 1 spiro atoms. The van der Waals surface area contributed by atoms with Crippen molar-refractivity contribution in [2.75, 3.05) is 18.0 Å². The maximum absolute atomic E-state index is 13.5. The van der Waals surface area contributed by atoms with Gasteiger partial charge in [0.05, 0.1) is 22.2 Å². The highest BCUT2D eigenvalue weighted by molar-refractivity contribution is 7.19. The molecule has 3 atom stereocenters. The van der Waals surface area contributed by atoms with Crippen molar-refractivity contribution in [3.63, 3.8) is 0 Å². The molecule has 1 amide bonds. The summed E-state index contributed by atoms with van der Waals surface area (Å²) < 4.78 is 18.6. The topological polar surface area (TPSA) is 81.2 Å². The second-order valence-corrected chi connectivity index (χ2v) is 16.6. The molecule has 0 radical (unpaired) electrons. The van der Waals surface area contributed by atoms with E-state index in [-0.39, 0.29) is 35.7 Å². The lowest BCUT2D eigenvalue weighted by molar-refractivity contribution is -0.268. The third-order valence-electron chi connectivity index (χ3n) is 10.1. The van der Waals surface area contributed by atoms with Crippen molar-refractivity contribution in [3.05, 3.63) is 45.9 Å². The number of hydrogen-bond donors (Lipinski definition) is 0. The van der Waals surface area contributed by atoms with Gasteiger partial charge >= 0.3 is 12.1 Å². The summed E-state index contributed by atoms with van der Waals surface area (Å²) in [5, 5.41) is 0.716. The molecule has 2 unspecified atom stereocenters. The molecule has 4 aliphatic rings. The number of carbonyl (C=O) groups excluding carboxylic acids is 2. The minimum absolute atomic E-state index is 0.125. The van der Waals surface area contributed by atoms with Crippen LogP contribution in [-0.4, -0.2) is 64.1 Å². The number of ether oxygens (including phenoxy) is 3. The number of pyridine rings is 1. The minimum atomic E-state index is -0.916. The largest absolute Gasteiger partial charge is 0.444 e. The molecular weight excluding hydrogens is 622 g/mol. The highest BCUT2D eigenvalue weighted by atomic mass is 35.5. The summed E-state index contributed by atoms with van der Waals surface area (Å²) in [6.45, 7) is 12.9. The van der Waals surface area contributed by atoms with Crippen LogP contribution < -0.4 is 4.90 Å². The molecule has 0 bridgehead atoms. The Labute approximate surface area is 280 Å². The summed E-state index contributed by atoms with van der Waals surface area (Å²) in [4.78, 5) is 36.8. The van der Waals surface area contributed by atoms with Crippen LogP contribution in [0.4, 0.5) is 10.5 Å². The summed E-state index contributed by atoms with van der Waals surface area (Å²) in [6, 6.07) is 8.56. The van der Waals surface area contributed by atoms with Crippen LogP contribution in [0.2, 0.25) is 5.02 Å². The van der Waals surface area contributed by atoms with E-state index in [1.54, 1.807) is 25.2 Å². The molecule has 46 heavy (non-hydrogen) atoms. The highest BCUT2D eigenvalue weighted by Gasteiger charge is 2.54. The molecule has 7 rings (SSSR count). The van der Waals surface area contributed by atoms with Gasteiger partial charge in [-0.05, 0) is 102 Å². The zero-order valence-corrected chi connectivity index (χ0v) is 29.2. The van der Waals surface area contributed by atoms with E-state index in [2.05, 4.69) is 29.2 Å². The summed E-state index contributed by atoms with van der Waals surface area (Å²) in [7, 11) is 0.